The standard InChI is InChI=1S/2C4H9.2C3H7.2Al.2ClH/c2*1-3-4-2;2*1-3-2;;;;/h2*1,3-4H2,2H3;2*1,3H2,2H3;;;2*1H/q;;;;2*+1;;/p-2. The fourth-order valence-corrected chi connectivity index (χ4v) is 4.18. The van der Waals surface area contributed by atoms with E-state index in [2.05, 4.69) is 27.7 Å². The Balaban J connectivity index is -0.000000100. The normalized spacial score (nSPS) is 7.78. The van der Waals surface area contributed by atoms with E-state index in [1.54, 1.807) is 0 Å². The van der Waals surface area contributed by atoms with Gasteiger partial charge in [0.2, 0.25) is 0 Å². The molecule has 0 aliphatic carbocycles. The molecule has 0 heterocycles. The van der Waals surface area contributed by atoms with Gasteiger partial charge in [0.15, 0.2) is 0 Å². The molecular weight excluding hydrogens is 293 g/mol. The topological polar surface area (TPSA) is 0 Å². The second-order valence-electron chi connectivity index (χ2n) is 4.44. The van der Waals surface area contributed by atoms with Gasteiger partial charge in [-0.3, -0.25) is 0 Å². The molecule has 4 heteroatoms. The first-order valence-corrected chi connectivity index (χ1v) is 10.7. The van der Waals surface area contributed by atoms with E-state index in [4.69, 9.17) is 0 Å². The van der Waals surface area contributed by atoms with Crippen LogP contribution in [0.3, 0.4) is 0 Å². The van der Waals surface area contributed by atoms with Crippen molar-refractivity contribution in [1.82, 2.24) is 0 Å². The third kappa shape index (κ3) is 36.1. The third-order valence-corrected chi connectivity index (χ3v) is 6.11. The van der Waals surface area contributed by atoms with Crippen LogP contribution in [0.15, 0.2) is 0 Å². The summed E-state index contributed by atoms with van der Waals surface area (Å²) in [5.41, 5.74) is 0. The van der Waals surface area contributed by atoms with Gasteiger partial charge in [-0.15, -0.1) is 0 Å². The molecule has 0 aliphatic heterocycles. The maximum absolute atomic E-state index is 2.28. The number of hydrogen-bond acceptors (Lipinski definition) is 0. The first kappa shape index (κ1) is 27.9. The van der Waals surface area contributed by atoms with Crippen LogP contribution >= 0.6 is 0 Å². The zero-order chi connectivity index (χ0) is 12.5. The summed E-state index contributed by atoms with van der Waals surface area (Å²) in [5, 5.41) is 6.09. The van der Waals surface area contributed by atoms with Crippen LogP contribution in [-0.4, -0.2) is 30.4 Å². The van der Waals surface area contributed by atoms with Gasteiger partial charge in [-0.25, -0.2) is 0 Å². The molecule has 0 spiro atoms. The van der Waals surface area contributed by atoms with Crippen LogP contribution in [0.2, 0.25) is 21.1 Å². The largest absolute Gasteiger partial charge is 1.00 e. The van der Waals surface area contributed by atoms with Gasteiger partial charge in [-0.2, -0.15) is 0 Å². The summed E-state index contributed by atoms with van der Waals surface area (Å²) in [6.07, 6.45) is 8.51. The van der Waals surface area contributed by atoms with Crippen LogP contribution < -0.4 is 24.8 Å². The Hall–Kier alpha value is 1.64. The monoisotopic (exact) mass is 324 g/mol. The fourth-order valence-electron chi connectivity index (χ4n) is 1.39. The summed E-state index contributed by atoms with van der Waals surface area (Å²) in [7, 11) is 0. The molecule has 0 unspecified atom stereocenters. The molecule has 0 aromatic carbocycles. The molecule has 0 amide bonds. The molecule has 0 fully saturated rings. The van der Waals surface area contributed by atoms with Gasteiger partial charge in [0.1, 0.15) is 0 Å². The SMILES string of the molecule is CCC[CH2][Al+][CH2]CCC.CC[CH2][Al+][CH2]CC.[Cl-].[Cl-]. The Bertz CT molecular complexity index is 93.8. The van der Waals surface area contributed by atoms with E-state index in [1.807, 2.05) is 0 Å². The molecule has 0 saturated heterocycles. The van der Waals surface area contributed by atoms with Gasteiger partial charge in [0.05, 0.1) is 0 Å². The van der Waals surface area contributed by atoms with Crippen LogP contribution in [0.1, 0.15) is 66.2 Å². The number of halogens is 2. The van der Waals surface area contributed by atoms with Gasteiger partial charge >= 0.3 is 118 Å². The van der Waals surface area contributed by atoms with Crippen molar-refractivity contribution in [2.45, 2.75) is 87.4 Å². The van der Waals surface area contributed by atoms with Crippen molar-refractivity contribution in [3.63, 3.8) is 0 Å². The van der Waals surface area contributed by atoms with Crippen molar-refractivity contribution in [3.8, 4) is 0 Å². The van der Waals surface area contributed by atoms with Crippen molar-refractivity contribution >= 4 is 30.4 Å². The Kier molecular flexibility index (Phi) is 48.3. The summed E-state index contributed by atoms with van der Waals surface area (Å²) in [5.74, 6) is 0. The van der Waals surface area contributed by atoms with E-state index in [9.17, 15) is 0 Å². The molecular formula is C14H32Al2Cl2. The zero-order valence-corrected chi connectivity index (χ0v) is 16.8. The quantitative estimate of drug-likeness (QED) is 0.375. The van der Waals surface area contributed by atoms with Crippen LogP contribution in [-0.2, 0) is 0 Å². The van der Waals surface area contributed by atoms with Crippen molar-refractivity contribution in [3.05, 3.63) is 0 Å². The summed E-state index contributed by atoms with van der Waals surface area (Å²) in [6, 6.07) is 0. The Labute approximate surface area is 142 Å². The minimum absolute atomic E-state index is 0. The van der Waals surface area contributed by atoms with E-state index in [-0.39, 0.29) is 24.8 Å². The molecule has 108 valence electrons. The maximum atomic E-state index is 2.28. The summed E-state index contributed by atoms with van der Waals surface area (Å²) < 4.78 is 0. The molecule has 0 rings (SSSR count). The smallest absolute Gasteiger partial charge is 1.00 e. The summed E-state index contributed by atoms with van der Waals surface area (Å²) in [6.45, 7) is 9.09. The first-order chi connectivity index (χ1) is 7.83. The van der Waals surface area contributed by atoms with Crippen LogP contribution in [0.5, 0.6) is 0 Å². The second-order valence-corrected chi connectivity index (χ2v) is 7.90. The van der Waals surface area contributed by atoms with E-state index in [1.165, 1.54) is 59.7 Å². The Morgan fingerprint density at radius 3 is 1.11 bits per heavy atom. The number of rotatable bonds is 10. The predicted molar refractivity (Wildman–Crippen MR) is 81.1 cm³/mol. The van der Waals surface area contributed by atoms with Crippen molar-refractivity contribution < 1.29 is 24.8 Å². The zero-order valence-electron chi connectivity index (χ0n) is 13.0. The predicted octanol–water partition coefficient (Wildman–Crippen LogP) is -0.517. The molecule has 18 heavy (non-hydrogen) atoms. The van der Waals surface area contributed by atoms with Crippen molar-refractivity contribution in [2.75, 3.05) is 0 Å². The minimum atomic E-state index is 0. The van der Waals surface area contributed by atoms with E-state index < -0.39 is 0 Å². The molecule has 0 bridgehead atoms. The van der Waals surface area contributed by atoms with E-state index in [0.29, 0.717) is 0 Å². The van der Waals surface area contributed by atoms with Crippen molar-refractivity contribution in [1.29, 1.82) is 0 Å². The summed E-state index contributed by atoms with van der Waals surface area (Å²) in [4.78, 5) is 0. The van der Waals surface area contributed by atoms with Gasteiger partial charge in [-0.1, -0.05) is 0 Å². The molecule has 0 aliphatic rings. The van der Waals surface area contributed by atoms with Gasteiger partial charge in [-0.05, 0) is 0 Å². The second kappa shape index (κ2) is 31.2. The Morgan fingerprint density at radius 2 is 0.833 bits per heavy atom. The van der Waals surface area contributed by atoms with Crippen molar-refractivity contribution in [2.24, 2.45) is 0 Å². The molecule has 0 radical (unpaired) electrons. The van der Waals surface area contributed by atoms with E-state index in [0.717, 1.165) is 30.4 Å². The molecule has 0 nitrogen and oxygen atoms in total. The van der Waals surface area contributed by atoms with Crippen LogP contribution in [0, 0.1) is 0 Å². The molecule has 0 saturated carbocycles. The fraction of sp³-hybridized carbons (Fsp3) is 1.00. The van der Waals surface area contributed by atoms with Gasteiger partial charge in [0.25, 0.3) is 0 Å². The maximum Gasteiger partial charge on any atom is -1.00 e. The van der Waals surface area contributed by atoms with Crippen LogP contribution in [0.25, 0.3) is 0 Å². The minimum Gasteiger partial charge on any atom is -1.00 e. The Morgan fingerprint density at radius 1 is 0.500 bits per heavy atom. The van der Waals surface area contributed by atoms with Crippen LogP contribution in [0.4, 0.5) is 0 Å². The number of hydrogen-bond donors (Lipinski definition) is 0. The van der Waals surface area contributed by atoms with Gasteiger partial charge < -0.3 is 24.8 Å². The molecule has 0 aromatic rings. The molecule has 0 aromatic heterocycles. The van der Waals surface area contributed by atoms with Gasteiger partial charge in [0, 0.05) is 0 Å². The van der Waals surface area contributed by atoms with E-state index >= 15 is 0 Å². The molecule has 0 atom stereocenters. The average molecular weight is 325 g/mol. The number of unbranched alkanes of at least 4 members (excludes halogenated alkanes) is 2. The third-order valence-electron chi connectivity index (χ3n) is 2.51. The summed E-state index contributed by atoms with van der Waals surface area (Å²) >= 11 is 1.64. The average Bonchev–Trinajstić information content (AvgIpc) is 2.31. The molecule has 0 N–H and O–H groups in total. The first-order valence-electron chi connectivity index (χ1n) is 7.46.